The molecule has 1 saturated heterocycles. The van der Waals surface area contributed by atoms with E-state index in [1.165, 1.54) is 13.0 Å². The van der Waals surface area contributed by atoms with E-state index in [-0.39, 0.29) is 35.2 Å². The average Bonchev–Trinajstić information content (AvgIpc) is 2.43. The summed E-state index contributed by atoms with van der Waals surface area (Å²) in [6.07, 6.45) is 0.769. The van der Waals surface area contributed by atoms with Crippen molar-refractivity contribution in [3.05, 3.63) is 23.8 Å². The van der Waals surface area contributed by atoms with Crippen molar-refractivity contribution in [2.24, 2.45) is 5.92 Å². The zero-order valence-electron chi connectivity index (χ0n) is 13.5. The van der Waals surface area contributed by atoms with Crippen molar-refractivity contribution < 1.29 is 13.2 Å². The SMILES string of the molecule is CC(=O)Nc1cc(S(=O)(=O)NC2CCNCC2C)ccc1C.Cl. The first-order valence-electron chi connectivity index (χ1n) is 7.41. The van der Waals surface area contributed by atoms with Gasteiger partial charge in [0.1, 0.15) is 0 Å². The van der Waals surface area contributed by atoms with Gasteiger partial charge in [0.25, 0.3) is 0 Å². The van der Waals surface area contributed by atoms with Gasteiger partial charge in [-0.3, -0.25) is 4.79 Å². The second-order valence-corrected chi connectivity index (χ2v) is 7.57. The topological polar surface area (TPSA) is 87.3 Å². The fraction of sp³-hybridized carbons (Fsp3) is 0.533. The lowest BCUT2D eigenvalue weighted by Crippen LogP contribution is -2.48. The van der Waals surface area contributed by atoms with Crippen LogP contribution in [0.3, 0.4) is 0 Å². The minimum absolute atomic E-state index is 0. The number of carbonyl (C=O) groups excluding carboxylic acids is 1. The molecule has 8 heteroatoms. The first-order valence-corrected chi connectivity index (χ1v) is 8.89. The first kappa shape index (κ1) is 19.9. The van der Waals surface area contributed by atoms with Crippen LogP contribution in [0, 0.1) is 12.8 Å². The molecule has 1 aliphatic heterocycles. The van der Waals surface area contributed by atoms with Crippen LogP contribution in [0.2, 0.25) is 0 Å². The van der Waals surface area contributed by atoms with Gasteiger partial charge in [-0.15, -0.1) is 12.4 Å². The van der Waals surface area contributed by atoms with E-state index in [1.807, 2.05) is 13.8 Å². The normalized spacial score (nSPS) is 21.3. The van der Waals surface area contributed by atoms with Crippen molar-refractivity contribution in [1.29, 1.82) is 0 Å². The number of sulfonamides is 1. The van der Waals surface area contributed by atoms with Crippen LogP contribution in [0.1, 0.15) is 25.8 Å². The van der Waals surface area contributed by atoms with Crippen LogP contribution in [0.4, 0.5) is 5.69 Å². The van der Waals surface area contributed by atoms with Gasteiger partial charge in [0.15, 0.2) is 0 Å². The minimum Gasteiger partial charge on any atom is -0.326 e. The maximum atomic E-state index is 12.6. The molecule has 1 aromatic rings. The molecule has 0 aromatic heterocycles. The highest BCUT2D eigenvalue weighted by Crippen LogP contribution is 2.21. The lowest BCUT2D eigenvalue weighted by molar-refractivity contribution is -0.114. The summed E-state index contributed by atoms with van der Waals surface area (Å²) in [6, 6.07) is 4.70. The number of halogens is 1. The zero-order valence-corrected chi connectivity index (χ0v) is 15.2. The van der Waals surface area contributed by atoms with E-state index in [0.29, 0.717) is 5.69 Å². The predicted octanol–water partition coefficient (Wildman–Crippen LogP) is 1.65. The molecule has 23 heavy (non-hydrogen) atoms. The Morgan fingerprint density at radius 1 is 1.35 bits per heavy atom. The molecule has 2 atom stereocenters. The largest absolute Gasteiger partial charge is 0.326 e. The van der Waals surface area contributed by atoms with Crippen molar-refractivity contribution in [3.63, 3.8) is 0 Å². The van der Waals surface area contributed by atoms with Gasteiger partial charge >= 0.3 is 0 Å². The number of nitrogens with one attached hydrogen (secondary N) is 3. The van der Waals surface area contributed by atoms with E-state index in [4.69, 9.17) is 0 Å². The fourth-order valence-corrected chi connectivity index (χ4v) is 3.95. The van der Waals surface area contributed by atoms with Crippen molar-refractivity contribution in [2.75, 3.05) is 18.4 Å². The maximum absolute atomic E-state index is 12.6. The Kier molecular flexibility index (Phi) is 7.01. The van der Waals surface area contributed by atoms with Crippen LogP contribution < -0.4 is 15.4 Å². The number of hydrogen-bond acceptors (Lipinski definition) is 4. The highest BCUT2D eigenvalue weighted by Gasteiger charge is 2.26. The predicted molar refractivity (Wildman–Crippen MR) is 93.5 cm³/mol. The molecule has 3 N–H and O–H groups in total. The molecule has 1 heterocycles. The van der Waals surface area contributed by atoms with Gasteiger partial charge in [-0.05, 0) is 50.0 Å². The summed E-state index contributed by atoms with van der Waals surface area (Å²) in [6.45, 7) is 6.86. The van der Waals surface area contributed by atoms with Gasteiger partial charge in [-0.25, -0.2) is 13.1 Å². The Labute approximate surface area is 143 Å². The number of piperidine rings is 1. The number of anilines is 1. The standard InChI is InChI=1S/C15H23N3O3S.ClH/c1-10-4-5-13(8-15(10)17-12(3)19)22(20,21)18-14-6-7-16-9-11(14)2;/h4-5,8,11,14,16,18H,6-7,9H2,1-3H3,(H,17,19);1H. The molecule has 2 unspecified atom stereocenters. The van der Waals surface area contributed by atoms with Crippen LogP contribution in [-0.4, -0.2) is 33.5 Å². The minimum atomic E-state index is -3.60. The van der Waals surface area contributed by atoms with Gasteiger partial charge in [-0.1, -0.05) is 13.0 Å². The van der Waals surface area contributed by atoms with E-state index >= 15 is 0 Å². The molecule has 1 aliphatic rings. The van der Waals surface area contributed by atoms with Crippen LogP contribution in [0.25, 0.3) is 0 Å². The summed E-state index contributed by atoms with van der Waals surface area (Å²) in [5.74, 6) is 0.0152. The quantitative estimate of drug-likeness (QED) is 0.761. The summed E-state index contributed by atoms with van der Waals surface area (Å²) in [4.78, 5) is 11.4. The summed E-state index contributed by atoms with van der Waals surface area (Å²) >= 11 is 0. The van der Waals surface area contributed by atoms with Gasteiger partial charge in [-0.2, -0.15) is 0 Å². The van der Waals surface area contributed by atoms with Gasteiger partial charge in [0.2, 0.25) is 15.9 Å². The molecule has 0 bridgehead atoms. The van der Waals surface area contributed by atoms with Crippen LogP contribution in [0.15, 0.2) is 23.1 Å². The van der Waals surface area contributed by atoms with Gasteiger partial charge < -0.3 is 10.6 Å². The highest BCUT2D eigenvalue weighted by molar-refractivity contribution is 7.89. The molecule has 0 spiro atoms. The Bertz CT molecular complexity index is 664. The smallest absolute Gasteiger partial charge is 0.240 e. The lowest BCUT2D eigenvalue weighted by Gasteiger charge is -2.30. The van der Waals surface area contributed by atoms with Crippen molar-refractivity contribution in [1.82, 2.24) is 10.0 Å². The molecule has 0 aliphatic carbocycles. The van der Waals surface area contributed by atoms with E-state index in [9.17, 15) is 13.2 Å². The molecule has 0 saturated carbocycles. The van der Waals surface area contributed by atoms with Crippen LogP contribution in [-0.2, 0) is 14.8 Å². The monoisotopic (exact) mass is 361 g/mol. The van der Waals surface area contributed by atoms with E-state index in [1.54, 1.807) is 12.1 Å². The number of rotatable bonds is 4. The van der Waals surface area contributed by atoms with E-state index < -0.39 is 10.0 Å². The first-order chi connectivity index (χ1) is 10.3. The third-order valence-electron chi connectivity index (χ3n) is 3.92. The lowest BCUT2D eigenvalue weighted by atomic mass is 9.97. The molecular weight excluding hydrogens is 338 g/mol. The zero-order chi connectivity index (χ0) is 16.3. The second-order valence-electron chi connectivity index (χ2n) is 5.86. The fourth-order valence-electron chi connectivity index (χ4n) is 2.55. The van der Waals surface area contributed by atoms with Crippen LogP contribution in [0.5, 0.6) is 0 Å². The summed E-state index contributed by atoms with van der Waals surface area (Å²) in [5.41, 5.74) is 1.35. The maximum Gasteiger partial charge on any atom is 0.240 e. The Morgan fingerprint density at radius 3 is 2.65 bits per heavy atom. The number of amides is 1. The Morgan fingerprint density at radius 2 is 2.04 bits per heavy atom. The molecule has 2 rings (SSSR count). The van der Waals surface area contributed by atoms with E-state index in [2.05, 4.69) is 15.4 Å². The molecule has 1 amide bonds. The van der Waals surface area contributed by atoms with Crippen molar-refractivity contribution >= 4 is 34.0 Å². The highest BCUT2D eigenvalue weighted by atomic mass is 35.5. The Hall–Kier alpha value is -1.15. The van der Waals surface area contributed by atoms with Crippen molar-refractivity contribution in [3.8, 4) is 0 Å². The molecule has 1 aromatic carbocycles. The third-order valence-corrected chi connectivity index (χ3v) is 5.41. The van der Waals surface area contributed by atoms with Gasteiger partial charge in [0.05, 0.1) is 4.90 Å². The third kappa shape index (κ3) is 5.17. The number of benzene rings is 1. The molecule has 0 radical (unpaired) electrons. The van der Waals surface area contributed by atoms with Gasteiger partial charge in [0, 0.05) is 18.7 Å². The summed E-state index contributed by atoms with van der Waals surface area (Å²) < 4.78 is 27.9. The molecule has 130 valence electrons. The Balaban J connectivity index is 0.00000264. The summed E-state index contributed by atoms with van der Waals surface area (Å²) in [5, 5.41) is 5.90. The summed E-state index contributed by atoms with van der Waals surface area (Å²) in [7, 11) is -3.60. The second kappa shape index (κ2) is 8.10. The average molecular weight is 362 g/mol. The van der Waals surface area contributed by atoms with E-state index in [0.717, 1.165) is 25.1 Å². The number of aryl methyl sites for hydroxylation is 1. The number of hydrogen-bond donors (Lipinski definition) is 3. The number of carbonyl (C=O) groups is 1. The molecule has 1 fully saturated rings. The van der Waals surface area contributed by atoms with Crippen LogP contribution >= 0.6 is 12.4 Å². The van der Waals surface area contributed by atoms with Crippen molar-refractivity contribution in [2.45, 2.75) is 38.1 Å². The molecule has 6 nitrogen and oxygen atoms in total. The molecular formula is C15H24ClN3O3S.